The van der Waals surface area contributed by atoms with E-state index >= 15 is 0 Å². The quantitative estimate of drug-likeness (QED) is 0.676. The summed E-state index contributed by atoms with van der Waals surface area (Å²) >= 11 is 0. The number of aromatic nitrogens is 1. The van der Waals surface area contributed by atoms with Gasteiger partial charge in [0.15, 0.2) is 0 Å². The van der Waals surface area contributed by atoms with Crippen molar-refractivity contribution in [3.8, 4) is 6.07 Å². The highest BCUT2D eigenvalue weighted by Crippen LogP contribution is 2.24. The van der Waals surface area contributed by atoms with Crippen LogP contribution in [0.25, 0.3) is 10.9 Å². The molecule has 1 aromatic heterocycles. The Hall–Kier alpha value is -3.21. The smallest absolute Gasteiger partial charge is 0.270 e. The molecule has 0 spiro atoms. The number of rotatable bonds is 4. The van der Waals surface area contributed by atoms with Crippen LogP contribution in [-0.4, -0.2) is 41.4 Å². The molecule has 2 aromatic rings. The van der Waals surface area contributed by atoms with Crippen LogP contribution in [0.5, 0.6) is 0 Å². The molecule has 22 heavy (non-hydrogen) atoms. The molecule has 0 atom stereocenters. The summed E-state index contributed by atoms with van der Waals surface area (Å²) in [6.07, 6.45) is 0. The Labute approximate surface area is 126 Å². The zero-order chi connectivity index (χ0) is 16.3. The lowest BCUT2D eigenvalue weighted by atomic mass is 10.1. The molecule has 1 N–H and O–H groups in total. The molecule has 2 rings (SSSR count). The number of nitrogens with one attached hydrogen (secondary N) is 1. The fourth-order valence-corrected chi connectivity index (χ4v) is 1.83. The first-order valence-electron chi connectivity index (χ1n) is 6.35. The summed E-state index contributed by atoms with van der Waals surface area (Å²) in [5.41, 5.74) is 0.604. The molecule has 8 nitrogen and oxygen atoms in total. The van der Waals surface area contributed by atoms with Crippen LogP contribution in [0.2, 0.25) is 0 Å². The van der Waals surface area contributed by atoms with Crippen LogP contribution < -0.4 is 5.32 Å². The number of nitriles is 1. The molecule has 0 radical (unpaired) electrons. The van der Waals surface area contributed by atoms with Gasteiger partial charge >= 0.3 is 0 Å². The average Bonchev–Trinajstić information content (AvgIpc) is 2.50. The number of carbonyl (C=O) groups excluding carboxylic acids is 1. The molecule has 8 heteroatoms. The first-order chi connectivity index (χ1) is 10.4. The van der Waals surface area contributed by atoms with Crippen LogP contribution in [0.4, 0.5) is 11.5 Å². The van der Waals surface area contributed by atoms with E-state index in [2.05, 4.69) is 10.3 Å². The number of anilines is 1. The van der Waals surface area contributed by atoms with Gasteiger partial charge in [0.2, 0.25) is 5.91 Å². The number of likely N-dealkylation sites (N-methyl/N-ethyl adjacent to an activating group) is 1. The van der Waals surface area contributed by atoms with Crippen molar-refractivity contribution >= 4 is 28.3 Å². The second-order valence-electron chi connectivity index (χ2n) is 4.77. The maximum Gasteiger partial charge on any atom is 0.270 e. The number of fused-ring (bicyclic) bond motifs is 1. The van der Waals surface area contributed by atoms with E-state index < -0.39 is 4.92 Å². The summed E-state index contributed by atoms with van der Waals surface area (Å²) in [5, 5.41) is 23.3. The van der Waals surface area contributed by atoms with Crippen molar-refractivity contribution < 1.29 is 9.72 Å². The Morgan fingerprint density at radius 3 is 2.77 bits per heavy atom. The van der Waals surface area contributed by atoms with Crippen molar-refractivity contribution in [1.82, 2.24) is 9.88 Å². The SMILES string of the molecule is CN(C)C(=O)CNc1cc(C#N)c2cc([N+](=O)[O-])ccc2n1. The number of amides is 1. The average molecular weight is 299 g/mol. The van der Waals surface area contributed by atoms with Crippen molar-refractivity contribution in [3.63, 3.8) is 0 Å². The van der Waals surface area contributed by atoms with Crippen LogP contribution in [0.3, 0.4) is 0 Å². The molecule has 0 unspecified atom stereocenters. The number of hydrogen-bond acceptors (Lipinski definition) is 6. The van der Waals surface area contributed by atoms with Gasteiger partial charge in [-0.15, -0.1) is 0 Å². The fourth-order valence-electron chi connectivity index (χ4n) is 1.83. The van der Waals surface area contributed by atoms with Gasteiger partial charge in [0, 0.05) is 31.6 Å². The standard InChI is InChI=1S/C14H13N5O3/c1-18(2)14(20)8-16-13-5-9(7-15)11-6-10(19(21)22)3-4-12(11)17-13/h3-6H,8H2,1-2H3,(H,16,17). The Kier molecular flexibility index (Phi) is 4.18. The van der Waals surface area contributed by atoms with Crippen molar-refractivity contribution in [2.75, 3.05) is 26.0 Å². The van der Waals surface area contributed by atoms with Crippen molar-refractivity contribution in [3.05, 3.63) is 39.9 Å². The fraction of sp³-hybridized carbons (Fsp3) is 0.214. The minimum absolute atomic E-state index is 0.0450. The normalized spacial score (nSPS) is 10.0. The van der Waals surface area contributed by atoms with Crippen molar-refractivity contribution in [1.29, 1.82) is 5.26 Å². The molecule has 0 saturated carbocycles. The lowest BCUT2D eigenvalue weighted by Crippen LogP contribution is -2.28. The van der Waals surface area contributed by atoms with Gasteiger partial charge in [0.05, 0.1) is 28.6 Å². The third-order valence-electron chi connectivity index (χ3n) is 3.04. The number of nitro benzene ring substituents is 1. The lowest BCUT2D eigenvalue weighted by molar-refractivity contribution is -0.384. The van der Waals surface area contributed by atoms with Gasteiger partial charge in [-0.05, 0) is 12.1 Å². The van der Waals surface area contributed by atoms with E-state index in [1.54, 1.807) is 14.1 Å². The van der Waals surface area contributed by atoms with Gasteiger partial charge in [-0.2, -0.15) is 5.26 Å². The van der Waals surface area contributed by atoms with Gasteiger partial charge in [-0.1, -0.05) is 0 Å². The number of non-ortho nitro benzene ring substituents is 1. The molecule has 0 aliphatic rings. The van der Waals surface area contributed by atoms with Gasteiger partial charge in [-0.3, -0.25) is 14.9 Å². The van der Waals surface area contributed by atoms with E-state index in [1.807, 2.05) is 6.07 Å². The minimum atomic E-state index is -0.525. The Morgan fingerprint density at radius 2 is 2.18 bits per heavy atom. The van der Waals surface area contributed by atoms with E-state index in [4.69, 9.17) is 0 Å². The molecule has 0 aliphatic carbocycles. The number of nitro groups is 1. The largest absolute Gasteiger partial charge is 0.361 e. The summed E-state index contributed by atoms with van der Waals surface area (Å²) in [5.74, 6) is 0.234. The molecule has 0 saturated heterocycles. The predicted octanol–water partition coefficient (Wildman–Crippen LogP) is 1.51. The van der Waals surface area contributed by atoms with E-state index in [-0.39, 0.29) is 23.7 Å². The number of benzene rings is 1. The Balaban J connectivity index is 2.40. The summed E-state index contributed by atoms with van der Waals surface area (Å²) in [7, 11) is 3.27. The molecule has 0 bridgehead atoms. The first-order valence-corrected chi connectivity index (χ1v) is 6.35. The summed E-state index contributed by atoms with van der Waals surface area (Å²) in [4.78, 5) is 27.5. The highest BCUT2D eigenvalue weighted by molar-refractivity contribution is 5.89. The van der Waals surface area contributed by atoms with Gasteiger partial charge in [-0.25, -0.2) is 4.98 Å². The van der Waals surface area contributed by atoms with Gasteiger partial charge in [0.1, 0.15) is 5.82 Å². The zero-order valence-corrected chi connectivity index (χ0v) is 12.0. The number of nitrogens with zero attached hydrogens (tertiary/aromatic N) is 4. The maximum absolute atomic E-state index is 11.5. The van der Waals surface area contributed by atoms with Crippen LogP contribution >= 0.6 is 0 Å². The van der Waals surface area contributed by atoms with Gasteiger partial charge < -0.3 is 10.2 Å². The van der Waals surface area contributed by atoms with Crippen LogP contribution in [0.1, 0.15) is 5.56 Å². The monoisotopic (exact) mass is 299 g/mol. The van der Waals surface area contributed by atoms with E-state index in [9.17, 15) is 20.2 Å². The molecule has 112 valence electrons. The zero-order valence-electron chi connectivity index (χ0n) is 12.0. The third kappa shape index (κ3) is 3.09. The molecule has 1 heterocycles. The molecular weight excluding hydrogens is 286 g/mol. The number of carbonyl (C=O) groups is 1. The van der Waals surface area contributed by atoms with E-state index in [0.29, 0.717) is 16.7 Å². The van der Waals surface area contributed by atoms with Crippen LogP contribution in [-0.2, 0) is 4.79 Å². The second-order valence-corrected chi connectivity index (χ2v) is 4.77. The summed E-state index contributed by atoms with van der Waals surface area (Å²) in [6.45, 7) is 0.0450. The van der Waals surface area contributed by atoms with E-state index in [1.165, 1.54) is 29.2 Å². The maximum atomic E-state index is 11.5. The molecule has 0 aliphatic heterocycles. The summed E-state index contributed by atoms with van der Waals surface area (Å²) in [6, 6.07) is 7.58. The molecule has 0 fully saturated rings. The number of pyridine rings is 1. The Morgan fingerprint density at radius 1 is 1.45 bits per heavy atom. The van der Waals surface area contributed by atoms with Gasteiger partial charge in [0.25, 0.3) is 5.69 Å². The highest BCUT2D eigenvalue weighted by atomic mass is 16.6. The van der Waals surface area contributed by atoms with E-state index in [0.717, 1.165) is 0 Å². The van der Waals surface area contributed by atoms with Crippen LogP contribution in [0.15, 0.2) is 24.3 Å². The lowest BCUT2D eigenvalue weighted by Gasteiger charge is -2.12. The second kappa shape index (κ2) is 6.05. The summed E-state index contributed by atoms with van der Waals surface area (Å²) < 4.78 is 0. The minimum Gasteiger partial charge on any atom is -0.361 e. The third-order valence-corrected chi connectivity index (χ3v) is 3.04. The molecule has 1 amide bonds. The topological polar surface area (TPSA) is 112 Å². The van der Waals surface area contributed by atoms with Crippen molar-refractivity contribution in [2.45, 2.75) is 0 Å². The van der Waals surface area contributed by atoms with Crippen LogP contribution in [0, 0.1) is 21.4 Å². The first kappa shape index (κ1) is 15.2. The highest BCUT2D eigenvalue weighted by Gasteiger charge is 2.12. The Bertz CT molecular complexity index is 795. The molecule has 1 aromatic carbocycles. The predicted molar refractivity (Wildman–Crippen MR) is 80.3 cm³/mol. The molecular formula is C14H13N5O3. The number of hydrogen-bond donors (Lipinski definition) is 1. The van der Waals surface area contributed by atoms with Crippen molar-refractivity contribution in [2.24, 2.45) is 0 Å².